The van der Waals surface area contributed by atoms with E-state index in [0.29, 0.717) is 23.6 Å². The number of fused-ring (bicyclic) bond motifs is 1. The van der Waals surface area contributed by atoms with E-state index in [1.807, 2.05) is 37.3 Å². The molecule has 8 nitrogen and oxygen atoms in total. The van der Waals surface area contributed by atoms with Crippen molar-refractivity contribution in [2.24, 2.45) is 5.73 Å². The molecular weight excluding hydrogens is 380 g/mol. The molecule has 158 valence electrons. The molecule has 1 aromatic carbocycles. The molecule has 30 heavy (non-hydrogen) atoms. The molecule has 0 radical (unpaired) electrons. The molecule has 3 aromatic rings. The zero-order chi connectivity index (χ0) is 21.0. The van der Waals surface area contributed by atoms with Crippen LogP contribution < -0.4 is 11.1 Å². The average molecular weight is 409 g/mol. The number of benzene rings is 1. The van der Waals surface area contributed by atoms with E-state index in [-0.39, 0.29) is 13.3 Å². The van der Waals surface area contributed by atoms with Gasteiger partial charge in [-0.05, 0) is 38.5 Å². The second-order valence-electron chi connectivity index (χ2n) is 7.49. The summed E-state index contributed by atoms with van der Waals surface area (Å²) in [7, 11) is 0. The number of ether oxygens (including phenoxy) is 1. The number of amides is 1. The van der Waals surface area contributed by atoms with E-state index in [9.17, 15) is 10.1 Å². The Balaban J connectivity index is 0.00000320. The smallest absolute Gasteiger partial charge is 0.240 e. The van der Waals surface area contributed by atoms with Gasteiger partial charge < -0.3 is 15.8 Å². The van der Waals surface area contributed by atoms with Crippen LogP contribution in [-0.4, -0.2) is 32.1 Å². The van der Waals surface area contributed by atoms with Gasteiger partial charge in [-0.25, -0.2) is 0 Å². The monoisotopic (exact) mass is 408 g/mol. The van der Waals surface area contributed by atoms with Crippen LogP contribution in [0.4, 0.5) is 0 Å². The Morgan fingerprint density at radius 3 is 2.60 bits per heavy atom. The highest BCUT2D eigenvalue weighted by molar-refractivity contribution is 5.85. The first-order chi connectivity index (χ1) is 13.8. The van der Waals surface area contributed by atoms with Crippen molar-refractivity contribution in [3.8, 4) is 6.07 Å². The second-order valence-corrected chi connectivity index (χ2v) is 7.49. The van der Waals surface area contributed by atoms with Crippen molar-refractivity contribution in [2.45, 2.75) is 52.5 Å². The number of pyridine rings is 1. The van der Waals surface area contributed by atoms with Gasteiger partial charge in [0.15, 0.2) is 11.5 Å². The van der Waals surface area contributed by atoms with Crippen LogP contribution in [0.25, 0.3) is 5.65 Å². The van der Waals surface area contributed by atoms with Crippen LogP contribution >= 0.6 is 0 Å². The third-order valence-electron chi connectivity index (χ3n) is 4.53. The highest BCUT2D eigenvalue weighted by Crippen LogP contribution is 2.21. The Hall–Kier alpha value is -3.28. The van der Waals surface area contributed by atoms with Crippen molar-refractivity contribution >= 4 is 11.6 Å². The summed E-state index contributed by atoms with van der Waals surface area (Å²) >= 11 is 0. The quantitative estimate of drug-likeness (QED) is 0.620. The van der Waals surface area contributed by atoms with Gasteiger partial charge in [0, 0.05) is 6.20 Å². The number of nitriles is 1. The average Bonchev–Trinajstić information content (AvgIpc) is 3.12. The molecule has 0 bridgehead atoms. The highest BCUT2D eigenvalue weighted by Gasteiger charge is 2.31. The van der Waals surface area contributed by atoms with Crippen molar-refractivity contribution in [1.29, 1.82) is 5.26 Å². The lowest BCUT2D eigenvalue weighted by atomic mass is 10.0. The standard InChI is InChI=1S/C21H24N6O2.CH4/c1-14(29-13-15-7-5-4-6-8-15)18(24-20(28)21(2,3)23)19-26-25-17-10-9-16(11-22)12-27(17)19;/h4-10,12,14,18H,13,23H2,1-3H3,(H,24,28);1H4/t14-,18-;/m1./s1. The largest absolute Gasteiger partial charge is 0.371 e. The highest BCUT2D eigenvalue weighted by atomic mass is 16.5. The summed E-state index contributed by atoms with van der Waals surface area (Å²) in [5.41, 5.74) is 6.94. The Kier molecular flexibility index (Phi) is 7.27. The van der Waals surface area contributed by atoms with E-state index in [4.69, 9.17) is 10.5 Å². The molecule has 0 aliphatic heterocycles. The minimum absolute atomic E-state index is 0. The minimum atomic E-state index is -1.07. The minimum Gasteiger partial charge on any atom is -0.371 e. The maximum Gasteiger partial charge on any atom is 0.240 e. The van der Waals surface area contributed by atoms with Crippen LogP contribution in [0.1, 0.15) is 51.2 Å². The fourth-order valence-corrected chi connectivity index (χ4v) is 2.80. The van der Waals surface area contributed by atoms with Gasteiger partial charge in [-0.1, -0.05) is 37.8 Å². The first-order valence-electron chi connectivity index (χ1n) is 9.30. The molecule has 3 N–H and O–H groups in total. The van der Waals surface area contributed by atoms with Crippen molar-refractivity contribution in [2.75, 3.05) is 0 Å². The molecule has 0 fully saturated rings. The van der Waals surface area contributed by atoms with Gasteiger partial charge in [0.25, 0.3) is 0 Å². The molecule has 0 aliphatic carbocycles. The maximum absolute atomic E-state index is 12.6. The fourth-order valence-electron chi connectivity index (χ4n) is 2.80. The first-order valence-corrected chi connectivity index (χ1v) is 9.30. The normalized spacial score (nSPS) is 13.2. The summed E-state index contributed by atoms with van der Waals surface area (Å²) < 4.78 is 7.72. The van der Waals surface area contributed by atoms with E-state index in [2.05, 4.69) is 21.6 Å². The molecule has 0 spiro atoms. The van der Waals surface area contributed by atoms with Crippen LogP contribution in [0.15, 0.2) is 48.7 Å². The van der Waals surface area contributed by atoms with Crippen LogP contribution in [-0.2, 0) is 16.1 Å². The third-order valence-corrected chi connectivity index (χ3v) is 4.53. The molecule has 0 aliphatic rings. The lowest BCUT2D eigenvalue weighted by Crippen LogP contribution is -2.52. The molecule has 3 rings (SSSR count). The van der Waals surface area contributed by atoms with Gasteiger partial charge in [0.05, 0.1) is 23.8 Å². The second kappa shape index (κ2) is 9.48. The number of nitrogens with zero attached hydrogens (tertiary/aromatic N) is 4. The number of aromatic nitrogens is 3. The van der Waals surface area contributed by atoms with Gasteiger partial charge in [0.1, 0.15) is 12.1 Å². The first kappa shape index (κ1) is 23.0. The Morgan fingerprint density at radius 1 is 1.27 bits per heavy atom. The van der Waals surface area contributed by atoms with Crippen molar-refractivity contribution in [1.82, 2.24) is 19.9 Å². The molecule has 1 amide bonds. The maximum atomic E-state index is 12.6. The zero-order valence-corrected chi connectivity index (χ0v) is 16.7. The number of carbonyl (C=O) groups is 1. The van der Waals surface area contributed by atoms with Gasteiger partial charge in [-0.2, -0.15) is 5.26 Å². The lowest BCUT2D eigenvalue weighted by Gasteiger charge is -2.27. The molecule has 2 heterocycles. The lowest BCUT2D eigenvalue weighted by molar-refractivity contribution is -0.127. The van der Waals surface area contributed by atoms with Crippen molar-refractivity contribution in [3.63, 3.8) is 0 Å². The number of rotatable bonds is 7. The van der Waals surface area contributed by atoms with Crippen molar-refractivity contribution in [3.05, 3.63) is 65.6 Å². The number of nitrogens with one attached hydrogen (secondary N) is 1. The van der Waals surface area contributed by atoms with Gasteiger partial charge in [-0.3, -0.25) is 9.20 Å². The topological polar surface area (TPSA) is 118 Å². The molecular formula is C22H28N6O2. The molecule has 2 aromatic heterocycles. The Labute approximate surface area is 176 Å². The Bertz CT molecular complexity index is 1030. The molecule has 0 saturated heterocycles. The summed E-state index contributed by atoms with van der Waals surface area (Å²) in [6, 6.07) is 14.6. The van der Waals surface area contributed by atoms with E-state index in [1.54, 1.807) is 36.6 Å². The van der Waals surface area contributed by atoms with Crippen LogP contribution in [0, 0.1) is 11.3 Å². The number of hydrogen-bond donors (Lipinski definition) is 2. The molecule has 0 unspecified atom stereocenters. The van der Waals surface area contributed by atoms with Crippen LogP contribution in [0.3, 0.4) is 0 Å². The molecule has 0 saturated carbocycles. The van der Waals surface area contributed by atoms with Crippen LogP contribution in [0.5, 0.6) is 0 Å². The summed E-state index contributed by atoms with van der Waals surface area (Å²) in [6.45, 7) is 5.49. The number of hydrogen-bond acceptors (Lipinski definition) is 6. The fraction of sp³-hybridized carbons (Fsp3) is 0.364. The van der Waals surface area contributed by atoms with E-state index in [1.165, 1.54) is 0 Å². The van der Waals surface area contributed by atoms with Gasteiger partial charge >= 0.3 is 0 Å². The predicted molar refractivity (Wildman–Crippen MR) is 114 cm³/mol. The molecule has 8 heteroatoms. The zero-order valence-electron chi connectivity index (χ0n) is 16.7. The summed E-state index contributed by atoms with van der Waals surface area (Å²) in [4.78, 5) is 12.6. The van der Waals surface area contributed by atoms with Gasteiger partial charge in [0.2, 0.25) is 5.91 Å². The number of carbonyl (C=O) groups excluding carboxylic acids is 1. The van der Waals surface area contributed by atoms with Crippen LogP contribution in [0.2, 0.25) is 0 Å². The summed E-state index contributed by atoms with van der Waals surface area (Å²) in [5, 5.41) is 20.6. The van der Waals surface area contributed by atoms with E-state index < -0.39 is 17.7 Å². The summed E-state index contributed by atoms with van der Waals surface area (Å²) in [6.07, 6.45) is 1.21. The number of nitrogens with two attached hydrogens (primary N) is 1. The molecule has 2 atom stereocenters. The predicted octanol–water partition coefficient (Wildman–Crippen LogP) is 2.74. The van der Waals surface area contributed by atoms with Crippen molar-refractivity contribution < 1.29 is 9.53 Å². The third kappa shape index (κ3) is 5.20. The van der Waals surface area contributed by atoms with Gasteiger partial charge in [-0.15, -0.1) is 10.2 Å². The summed E-state index contributed by atoms with van der Waals surface area (Å²) in [5.74, 6) is 0.126. The Morgan fingerprint density at radius 2 is 1.97 bits per heavy atom. The SMILES string of the molecule is C.C[C@@H](OCc1ccccc1)[C@@H](NC(=O)C(C)(C)N)c1nnc2ccc(C#N)cn12. The van der Waals surface area contributed by atoms with E-state index in [0.717, 1.165) is 5.56 Å². The van der Waals surface area contributed by atoms with E-state index >= 15 is 0 Å².